The van der Waals surface area contributed by atoms with Gasteiger partial charge < -0.3 is 4.74 Å². The molecule has 0 saturated heterocycles. The molecule has 82 valence electrons. The Kier molecular flexibility index (Phi) is 3.80. The lowest BCUT2D eigenvalue weighted by Crippen LogP contribution is -1.95. The summed E-state index contributed by atoms with van der Waals surface area (Å²) < 4.78 is 6.63. The van der Waals surface area contributed by atoms with E-state index in [4.69, 9.17) is 16.3 Å². The third kappa shape index (κ3) is 3.22. The van der Waals surface area contributed by atoms with Gasteiger partial charge in [0.2, 0.25) is 0 Å². The molecule has 0 aliphatic heterocycles. The van der Waals surface area contributed by atoms with E-state index in [1.807, 2.05) is 30.3 Å². The molecule has 0 spiro atoms. The number of ether oxygens (including phenoxy) is 1. The van der Waals surface area contributed by atoms with Gasteiger partial charge in [0.05, 0.1) is 0 Å². The number of halogens is 2. The summed E-state index contributed by atoms with van der Waals surface area (Å²) in [5, 5.41) is 0.483. The number of nitrogens with zero attached hydrogens (tertiary/aromatic N) is 1. The molecule has 1 heterocycles. The lowest BCUT2D eigenvalue weighted by Gasteiger charge is -2.06. The molecule has 2 rings (SSSR count). The van der Waals surface area contributed by atoms with Crippen LogP contribution in [-0.2, 0) is 6.61 Å². The number of rotatable bonds is 3. The summed E-state index contributed by atoms with van der Waals surface area (Å²) in [6, 6.07) is 11.4. The zero-order valence-corrected chi connectivity index (χ0v) is 10.7. The maximum absolute atomic E-state index is 5.77. The second-order valence-electron chi connectivity index (χ2n) is 3.23. The van der Waals surface area contributed by atoms with E-state index in [0.29, 0.717) is 11.8 Å². The fourth-order valence-electron chi connectivity index (χ4n) is 1.23. The van der Waals surface area contributed by atoms with Crippen molar-refractivity contribution in [2.45, 2.75) is 6.61 Å². The molecule has 0 aliphatic carbocycles. The monoisotopic (exact) mass is 297 g/mol. The molecule has 4 heteroatoms. The first-order valence-corrected chi connectivity index (χ1v) is 5.90. The van der Waals surface area contributed by atoms with Crippen LogP contribution < -0.4 is 4.74 Å². The van der Waals surface area contributed by atoms with Crippen molar-refractivity contribution < 1.29 is 4.74 Å². The van der Waals surface area contributed by atoms with E-state index in [-0.39, 0.29) is 0 Å². The van der Waals surface area contributed by atoms with E-state index in [1.54, 1.807) is 12.3 Å². The maximum atomic E-state index is 5.77. The van der Waals surface area contributed by atoms with E-state index in [2.05, 4.69) is 20.9 Å². The molecule has 1 aromatic carbocycles. The van der Waals surface area contributed by atoms with Gasteiger partial charge in [0.15, 0.2) is 0 Å². The highest BCUT2D eigenvalue weighted by atomic mass is 79.9. The molecule has 16 heavy (non-hydrogen) atoms. The van der Waals surface area contributed by atoms with Gasteiger partial charge in [-0.05, 0) is 42.0 Å². The molecule has 2 nitrogen and oxygen atoms in total. The highest BCUT2D eigenvalue weighted by Gasteiger charge is 1.97. The van der Waals surface area contributed by atoms with Crippen LogP contribution in [0.15, 0.2) is 47.1 Å². The Bertz CT molecular complexity index is 473. The Labute approximate surface area is 107 Å². The van der Waals surface area contributed by atoms with Crippen molar-refractivity contribution in [2.24, 2.45) is 0 Å². The van der Waals surface area contributed by atoms with Crippen molar-refractivity contribution in [3.63, 3.8) is 0 Å². The maximum Gasteiger partial charge on any atom is 0.129 e. The van der Waals surface area contributed by atoms with Crippen molar-refractivity contribution in [3.05, 3.63) is 57.8 Å². The molecule has 0 radical (unpaired) electrons. The zero-order chi connectivity index (χ0) is 11.4. The predicted molar refractivity (Wildman–Crippen MR) is 67.7 cm³/mol. The highest BCUT2D eigenvalue weighted by molar-refractivity contribution is 9.10. The minimum absolute atomic E-state index is 0.483. The largest absolute Gasteiger partial charge is 0.489 e. The molecule has 0 aliphatic rings. The third-order valence-electron chi connectivity index (χ3n) is 2.01. The fraction of sp³-hybridized carbons (Fsp3) is 0.0833. The summed E-state index contributed by atoms with van der Waals surface area (Å²) in [4.78, 5) is 3.91. The molecular weight excluding hydrogens is 289 g/mol. The molecule has 0 saturated carbocycles. The van der Waals surface area contributed by atoms with Gasteiger partial charge in [-0.2, -0.15) is 0 Å². The summed E-state index contributed by atoms with van der Waals surface area (Å²) in [6.45, 7) is 0.490. The SMILES string of the molecule is Clc1cc(COc2ccc(Br)cc2)ccn1. The van der Waals surface area contributed by atoms with Crippen LogP contribution in [0.4, 0.5) is 0 Å². The van der Waals surface area contributed by atoms with Crippen LogP contribution in [0.5, 0.6) is 5.75 Å². The number of hydrogen-bond acceptors (Lipinski definition) is 2. The number of aromatic nitrogens is 1. The molecule has 0 amide bonds. The van der Waals surface area contributed by atoms with Crippen LogP contribution in [0.3, 0.4) is 0 Å². The second-order valence-corrected chi connectivity index (χ2v) is 4.53. The van der Waals surface area contributed by atoms with Crippen molar-refractivity contribution in [1.82, 2.24) is 4.98 Å². The van der Waals surface area contributed by atoms with Crippen LogP contribution in [0.1, 0.15) is 5.56 Å². The summed E-state index contributed by atoms with van der Waals surface area (Å²) in [5.74, 6) is 0.830. The minimum Gasteiger partial charge on any atom is -0.489 e. The Morgan fingerprint density at radius 3 is 2.62 bits per heavy atom. The lowest BCUT2D eigenvalue weighted by atomic mass is 10.3. The fourth-order valence-corrected chi connectivity index (χ4v) is 1.69. The van der Waals surface area contributed by atoms with E-state index >= 15 is 0 Å². The van der Waals surface area contributed by atoms with Gasteiger partial charge in [-0.25, -0.2) is 4.98 Å². The normalized spacial score (nSPS) is 10.1. The number of pyridine rings is 1. The van der Waals surface area contributed by atoms with Crippen LogP contribution in [-0.4, -0.2) is 4.98 Å². The molecule has 2 aromatic rings. The Balaban J connectivity index is 1.99. The zero-order valence-electron chi connectivity index (χ0n) is 8.36. The van der Waals surface area contributed by atoms with Crippen LogP contribution in [0.2, 0.25) is 5.15 Å². The molecule has 0 atom stereocenters. The molecule has 0 fully saturated rings. The van der Waals surface area contributed by atoms with Gasteiger partial charge in [-0.3, -0.25) is 0 Å². The summed E-state index contributed by atoms with van der Waals surface area (Å²) in [7, 11) is 0. The quantitative estimate of drug-likeness (QED) is 0.797. The first kappa shape index (κ1) is 11.4. The van der Waals surface area contributed by atoms with Gasteiger partial charge in [0, 0.05) is 10.7 Å². The summed E-state index contributed by atoms with van der Waals surface area (Å²) >= 11 is 9.14. The van der Waals surface area contributed by atoms with Crippen molar-refractivity contribution in [3.8, 4) is 5.75 Å². The van der Waals surface area contributed by atoms with Gasteiger partial charge in [0.25, 0.3) is 0 Å². The molecule has 0 unspecified atom stereocenters. The molecule has 0 N–H and O–H groups in total. The van der Waals surface area contributed by atoms with Crippen LogP contribution in [0, 0.1) is 0 Å². The standard InChI is InChI=1S/C12H9BrClNO/c13-10-1-3-11(4-2-10)16-8-9-5-6-15-12(14)7-9/h1-7H,8H2. The van der Waals surface area contributed by atoms with Crippen molar-refractivity contribution in [1.29, 1.82) is 0 Å². The lowest BCUT2D eigenvalue weighted by molar-refractivity contribution is 0.306. The Hall–Kier alpha value is -1.06. The van der Waals surface area contributed by atoms with Gasteiger partial charge in [-0.1, -0.05) is 27.5 Å². The predicted octanol–water partition coefficient (Wildman–Crippen LogP) is 4.08. The Morgan fingerprint density at radius 1 is 1.19 bits per heavy atom. The van der Waals surface area contributed by atoms with E-state index < -0.39 is 0 Å². The molecule has 1 aromatic heterocycles. The smallest absolute Gasteiger partial charge is 0.129 e. The van der Waals surface area contributed by atoms with Crippen molar-refractivity contribution >= 4 is 27.5 Å². The minimum atomic E-state index is 0.483. The highest BCUT2D eigenvalue weighted by Crippen LogP contribution is 2.17. The first-order valence-electron chi connectivity index (χ1n) is 4.73. The Morgan fingerprint density at radius 2 is 1.94 bits per heavy atom. The topological polar surface area (TPSA) is 22.1 Å². The molecule has 0 bridgehead atoms. The van der Waals surface area contributed by atoms with Gasteiger partial charge in [-0.15, -0.1) is 0 Å². The summed E-state index contributed by atoms with van der Waals surface area (Å²) in [5.41, 5.74) is 1.00. The number of hydrogen-bond donors (Lipinski definition) is 0. The molecular formula is C12H9BrClNO. The van der Waals surface area contributed by atoms with E-state index in [1.165, 1.54) is 0 Å². The van der Waals surface area contributed by atoms with Crippen LogP contribution >= 0.6 is 27.5 Å². The number of benzene rings is 1. The average molecular weight is 299 g/mol. The second kappa shape index (κ2) is 5.32. The van der Waals surface area contributed by atoms with E-state index in [9.17, 15) is 0 Å². The third-order valence-corrected chi connectivity index (χ3v) is 2.75. The van der Waals surface area contributed by atoms with E-state index in [0.717, 1.165) is 15.8 Å². The first-order chi connectivity index (χ1) is 7.74. The van der Waals surface area contributed by atoms with Crippen LogP contribution in [0.25, 0.3) is 0 Å². The van der Waals surface area contributed by atoms with Crippen molar-refractivity contribution in [2.75, 3.05) is 0 Å². The van der Waals surface area contributed by atoms with Gasteiger partial charge >= 0.3 is 0 Å². The van der Waals surface area contributed by atoms with Gasteiger partial charge in [0.1, 0.15) is 17.5 Å². The average Bonchev–Trinajstić information content (AvgIpc) is 2.28. The summed E-state index contributed by atoms with van der Waals surface area (Å²) in [6.07, 6.45) is 1.67.